The molecule has 6 heteroatoms. The van der Waals surface area contributed by atoms with E-state index in [9.17, 15) is 14.4 Å². The maximum Gasteiger partial charge on any atom is 0.333 e. The van der Waals surface area contributed by atoms with E-state index in [0.29, 0.717) is 22.4 Å². The van der Waals surface area contributed by atoms with Gasteiger partial charge in [-0.25, -0.2) is 4.79 Å². The molecule has 0 radical (unpaired) electrons. The Hall–Kier alpha value is -4.71. The number of carbonyl (C=O) groups is 3. The Bertz CT molecular complexity index is 1270. The molecular weight excluding hydrogens is 440 g/mol. The Kier molecular flexibility index (Phi) is 7.66. The summed E-state index contributed by atoms with van der Waals surface area (Å²) < 4.78 is 5.52. The van der Waals surface area contributed by atoms with E-state index in [0.717, 1.165) is 5.56 Å². The van der Waals surface area contributed by atoms with Gasteiger partial charge >= 0.3 is 5.97 Å². The molecule has 0 saturated carbocycles. The molecule has 0 aliphatic heterocycles. The molecule has 4 aromatic rings. The summed E-state index contributed by atoms with van der Waals surface area (Å²) in [5.74, 6) is -1.18. The topological polar surface area (TPSA) is 84.5 Å². The van der Waals surface area contributed by atoms with Crippen molar-refractivity contribution in [3.63, 3.8) is 0 Å². The highest BCUT2D eigenvalue weighted by Gasteiger charge is 2.25. The summed E-state index contributed by atoms with van der Waals surface area (Å²) in [6.45, 7) is 0.00393. The zero-order valence-corrected chi connectivity index (χ0v) is 18.9. The molecule has 1 unspecified atom stereocenters. The molecule has 2 N–H and O–H groups in total. The highest BCUT2D eigenvalue weighted by atomic mass is 16.5. The predicted octanol–water partition coefficient (Wildman–Crippen LogP) is 5.15. The Morgan fingerprint density at radius 3 is 1.80 bits per heavy atom. The molecule has 4 aromatic carbocycles. The highest BCUT2D eigenvalue weighted by Crippen LogP contribution is 2.17. The van der Waals surface area contributed by atoms with Gasteiger partial charge in [-0.2, -0.15) is 0 Å². The lowest BCUT2D eigenvalue weighted by atomic mass is 10.1. The van der Waals surface area contributed by atoms with Gasteiger partial charge in [0.2, 0.25) is 0 Å². The Morgan fingerprint density at radius 2 is 1.17 bits per heavy atom. The Morgan fingerprint density at radius 1 is 0.629 bits per heavy atom. The normalized spacial score (nSPS) is 11.2. The van der Waals surface area contributed by atoms with Crippen LogP contribution in [0.15, 0.2) is 115 Å². The van der Waals surface area contributed by atoms with Gasteiger partial charge in [0.25, 0.3) is 11.8 Å². The zero-order chi connectivity index (χ0) is 24.5. The quantitative estimate of drug-likeness (QED) is 0.353. The first-order valence-corrected chi connectivity index (χ1v) is 11.1. The lowest BCUT2D eigenvalue weighted by Gasteiger charge is -2.18. The largest absolute Gasteiger partial charge is 0.459 e. The van der Waals surface area contributed by atoms with Crippen molar-refractivity contribution in [1.82, 2.24) is 5.32 Å². The number of nitrogens with one attached hydrogen (secondary N) is 2. The number of anilines is 1. The minimum atomic E-state index is -0.958. The lowest BCUT2D eigenvalue weighted by molar-refractivity contribution is -0.147. The van der Waals surface area contributed by atoms with E-state index in [-0.39, 0.29) is 18.4 Å². The van der Waals surface area contributed by atoms with E-state index in [1.807, 2.05) is 42.5 Å². The van der Waals surface area contributed by atoms with Crippen molar-refractivity contribution < 1.29 is 19.1 Å². The number of carbonyl (C=O) groups excluding carboxylic acids is 3. The number of ether oxygens (including phenoxy) is 1. The molecule has 4 rings (SSSR count). The van der Waals surface area contributed by atoms with Gasteiger partial charge < -0.3 is 15.4 Å². The second kappa shape index (κ2) is 11.4. The van der Waals surface area contributed by atoms with Gasteiger partial charge in [0, 0.05) is 16.8 Å². The molecule has 0 saturated heterocycles. The molecule has 0 fully saturated rings. The standard InChI is InChI=1S/C29H24N2O4/c32-27(30-25-14-8-3-9-15-25)24-18-16-21(17-19-24)20-35-29(34)26(22-10-4-1-5-11-22)31-28(33)23-12-6-2-7-13-23/h1-19,26H,20H2,(H,30,32)(H,31,33). The minimum absolute atomic E-state index is 0.00393. The number of hydrogen-bond donors (Lipinski definition) is 2. The van der Waals surface area contributed by atoms with Crippen molar-refractivity contribution >= 4 is 23.5 Å². The van der Waals surface area contributed by atoms with Gasteiger partial charge in [-0.05, 0) is 47.5 Å². The molecule has 0 heterocycles. The number of para-hydroxylation sites is 1. The maximum absolute atomic E-state index is 13.0. The Labute approximate surface area is 203 Å². The first-order chi connectivity index (χ1) is 17.1. The van der Waals surface area contributed by atoms with Gasteiger partial charge in [0.1, 0.15) is 6.61 Å². The summed E-state index contributed by atoms with van der Waals surface area (Å²) in [7, 11) is 0. The average Bonchev–Trinajstić information content (AvgIpc) is 2.92. The number of esters is 1. The molecular formula is C29H24N2O4. The third-order valence-electron chi connectivity index (χ3n) is 5.31. The number of benzene rings is 4. The third-order valence-corrected chi connectivity index (χ3v) is 5.31. The zero-order valence-electron chi connectivity index (χ0n) is 18.9. The SMILES string of the molecule is O=C(Nc1ccccc1)c1ccc(COC(=O)C(NC(=O)c2ccccc2)c2ccccc2)cc1. The van der Waals surface area contributed by atoms with Crippen LogP contribution in [0.5, 0.6) is 0 Å². The van der Waals surface area contributed by atoms with Crippen LogP contribution in [0.3, 0.4) is 0 Å². The average molecular weight is 465 g/mol. The molecule has 0 bridgehead atoms. The van der Waals surface area contributed by atoms with Crippen LogP contribution in [-0.2, 0) is 16.1 Å². The van der Waals surface area contributed by atoms with Crippen molar-refractivity contribution in [1.29, 1.82) is 0 Å². The lowest BCUT2D eigenvalue weighted by Crippen LogP contribution is -2.34. The fourth-order valence-corrected chi connectivity index (χ4v) is 3.44. The Balaban J connectivity index is 1.40. The van der Waals surface area contributed by atoms with Gasteiger partial charge in [-0.1, -0.05) is 78.9 Å². The van der Waals surface area contributed by atoms with E-state index < -0.39 is 12.0 Å². The fourth-order valence-electron chi connectivity index (χ4n) is 3.44. The van der Waals surface area contributed by atoms with E-state index >= 15 is 0 Å². The van der Waals surface area contributed by atoms with Gasteiger partial charge in [-0.3, -0.25) is 9.59 Å². The van der Waals surface area contributed by atoms with Crippen LogP contribution >= 0.6 is 0 Å². The molecule has 0 aromatic heterocycles. The van der Waals surface area contributed by atoms with Crippen molar-refractivity contribution in [3.05, 3.63) is 138 Å². The number of rotatable bonds is 8. The predicted molar refractivity (Wildman–Crippen MR) is 134 cm³/mol. The highest BCUT2D eigenvalue weighted by molar-refractivity contribution is 6.04. The maximum atomic E-state index is 13.0. The monoisotopic (exact) mass is 464 g/mol. The van der Waals surface area contributed by atoms with E-state index in [2.05, 4.69) is 10.6 Å². The molecule has 1 atom stereocenters. The van der Waals surface area contributed by atoms with Crippen LogP contribution in [0.25, 0.3) is 0 Å². The van der Waals surface area contributed by atoms with E-state index in [1.54, 1.807) is 72.8 Å². The van der Waals surface area contributed by atoms with E-state index in [1.165, 1.54) is 0 Å². The second-order valence-electron chi connectivity index (χ2n) is 7.81. The first kappa shape index (κ1) is 23.4. The van der Waals surface area contributed by atoms with Crippen LogP contribution < -0.4 is 10.6 Å². The van der Waals surface area contributed by atoms with Crippen LogP contribution in [0.2, 0.25) is 0 Å². The minimum Gasteiger partial charge on any atom is -0.459 e. The second-order valence-corrected chi connectivity index (χ2v) is 7.81. The van der Waals surface area contributed by atoms with Gasteiger partial charge in [-0.15, -0.1) is 0 Å². The molecule has 0 spiro atoms. The summed E-state index contributed by atoms with van der Waals surface area (Å²) >= 11 is 0. The van der Waals surface area contributed by atoms with Crippen LogP contribution in [-0.4, -0.2) is 17.8 Å². The molecule has 174 valence electrons. The van der Waals surface area contributed by atoms with Crippen LogP contribution in [0, 0.1) is 0 Å². The molecule has 0 aliphatic carbocycles. The molecule has 6 nitrogen and oxygen atoms in total. The molecule has 0 aliphatic rings. The van der Waals surface area contributed by atoms with Gasteiger partial charge in [0.05, 0.1) is 0 Å². The van der Waals surface area contributed by atoms with Crippen molar-refractivity contribution in [2.24, 2.45) is 0 Å². The third kappa shape index (κ3) is 6.42. The molecule has 35 heavy (non-hydrogen) atoms. The summed E-state index contributed by atoms with van der Waals surface area (Å²) in [5.41, 5.74) is 2.98. The number of amides is 2. The van der Waals surface area contributed by atoms with E-state index in [4.69, 9.17) is 4.74 Å². The summed E-state index contributed by atoms with van der Waals surface area (Å²) in [6, 6.07) is 32.7. The number of hydrogen-bond acceptors (Lipinski definition) is 4. The fraction of sp³-hybridized carbons (Fsp3) is 0.0690. The van der Waals surface area contributed by atoms with Crippen molar-refractivity contribution in [2.45, 2.75) is 12.6 Å². The van der Waals surface area contributed by atoms with Crippen molar-refractivity contribution in [2.75, 3.05) is 5.32 Å². The first-order valence-electron chi connectivity index (χ1n) is 11.1. The molecule has 2 amide bonds. The summed E-state index contributed by atoms with van der Waals surface area (Å²) in [6.07, 6.45) is 0. The summed E-state index contributed by atoms with van der Waals surface area (Å²) in [5, 5.41) is 5.59. The summed E-state index contributed by atoms with van der Waals surface area (Å²) in [4.78, 5) is 38.1. The van der Waals surface area contributed by atoms with Gasteiger partial charge in [0.15, 0.2) is 6.04 Å². The van der Waals surface area contributed by atoms with Crippen LogP contribution in [0.1, 0.15) is 37.9 Å². The smallest absolute Gasteiger partial charge is 0.333 e. The van der Waals surface area contributed by atoms with Crippen LogP contribution in [0.4, 0.5) is 5.69 Å². The van der Waals surface area contributed by atoms with Crippen molar-refractivity contribution in [3.8, 4) is 0 Å².